The number of hydrogen-bond acceptors (Lipinski definition) is 5. The number of rotatable bonds is 5. The standard InChI is InChI=1S/C21H31N5S2.HI/c1-22-21(26-11-9-25(10-12-26)20-7-4-14-28-20)23-15-18-5-2-8-24(16-18)17-19-6-3-13-27-19;/h3-4,6-7,13-14,18H,2,5,8-12,15-17H2,1H3,(H,22,23);1H. The molecule has 5 nitrogen and oxygen atoms in total. The number of piperazine rings is 1. The van der Waals surface area contributed by atoms with Gasteiger partial charge in [0, 0.05) is 57.7 Å². The monoisotopic (exact) mass is 545 g/mol. The number of guanidine groups is 1. The van der Waals surface area contributed by atoms with E-state index in [1.165, 1.54) is 35.8 Å². The zero-order valence-electron chi connectivity index (χ0n) is 17.1. The molecule has 4 heterocycles. The van der Waals surface area contributed by atoms with Crippen molar-refractivity contribution in [3.8, 4) is 0 Å². The number of nitrogens with zero attached hydrogens (tertiary/aromatic N) is 4. The molecule has 2 aliphatic rings. The minimum atomic E-state index is 0. The molecular formula is C21H32IN5S2. The minimum Gasteiger partial charge on any atom is -0.360 e. The van der Waals surface area contributed by atoms with Gasteiger partial charge in [0.1, 0.15) is 0 Å². The molecule has 0 radical (unpaired) electrons. The van der Waals surface area contributed by atoms with Crippen LogP contribution in [0.1, 0.15) is 17.7 Å². The van der Waals surface area contributed by atoms with Crippen LogP contribution >= 0.6 is 46.7 Å². The van der Waals surface area contributed by atoms with Crippen LogP contribution in [0.5, 0.6) is 0 Å². The van der Waals surface area contributed by atoms with E-state index in [0.717, 1.165) is 45.2 Å². The number of halogens is 1. The largest absolute Gasteiger partial charge is 0.360 e. The van der Waals surface area contributed by atoms with Gasteiger partial charge in [-0.05, 0) is 54.3 Å². The van der Waals surface area contributed by atoms with E-state index in [1.54, 1.807) is 0 Å². The Morgan fingerprint density at radius 1 is 1.10 bits per heavy atom. The molecule has 2 saturated heterocycles. The number of piperidine rings is 1. The van der Waals surface area contributed by atoms with Gasteiger partial charge < -0.3 is 15.1 Å². The van der Waals surface area contributed by atoms with Gasteiger partial charge in [0.05, 0.1) is 5.00 Å². The van der Waals surface area contributed by atoms with E-state index in [0.29, 0.717) is 5.92 Å². The molecule has 8 heteroatoms. The summed E-state index contributed by atoms with van der Waals surface area (Å²) in [6.07, 6.45) is 2.62. The first kappa shape index (κ1) is 22.8. The van der Waals surface area contributed by atoms with Gasteiger partial charge in [0.2, 0.25) is 0 Å². The van der Waals surface area contributed by atoms with Gasteiger partial charge in [-0.15, -0.1) is 46.7 Å². The van der Waals surface area contributed by atoms with E-state index in [1.807, 2.05) is 29.7 Å². The topological polar surface area (TPSA) is 34.1 Å². The molecule has 4 rings (SSSR count). The highest BCUT2D eigenvalue weighted by molar-refractivity contribution is 14.0. The lowest BCUT2D eigenvalue weighted by Gasteiger charge is -2.38. The highest BCUT2D eigenvalue weighted by Gasteiger charge is 2.23. The van der Waals surface area contributed by atoms with E-state index in [-0.39, 0.29) is 24.0 Å². The molecule has 0 amide bonds. The molecule has 2 fully saturated rings. The Bertz CT molecular complexity index is 726. The Hall–Kier alpha value is -0.840. The van der Waals surface area contributed by atoms with Crippen molar-refractivity contribution in [2.75, 3.05) is 57.8 Å². The Morgan fingerprint density at radius 3 is 2.59 bits per heavy atom. The third-order valence-electron chi connectivity index (χ3n) is 5.72. The fourth-order valence-corrected chi connectivity index (χ4v) is 5.77. The fraction of sp³-hybridized carbons (Fsp3) is 0.571. The number of hydrogen-bond donors (Lipinski definition) is 1. The number of nitrogens with one attached hydrogen (secondary N) is 1. The van der Waals surface area contributed by atoms with E-state index in [9.17, 15) is 0 Å². The van der Waals surface area contributed by atoms with Crippen LogP contribution in [0, 0.1) is 5.92 Å². The summed E-state index contributed by atoms with van der Waals surface area (Å²) in [5.74, 6) is 1.78. The average Bonchev–Trinajstić information content (AvgIpc) is 3.44. The van der Waals surface area contributed by atoms with E-state index >= 15 is 0 Å². The summed E-state index contributed by atoms with van der Waals surface area (Å²) in [5, 5.41) is 9.40. The van der Waals surface area contributed by atoms with Crippen molar-refractivity contribution in [3.05, 3.63) is 39.9 Å². The first-order valence-electron chi connectivity index (χ1n) is 10.3. The molecule has 0 aromatic carbocycles. The maximum atomic E-state index is 4.57. The van der Waals surface area contributed by atoms with Gasteiger partial charge in [-0.1, -0.05) is 6.07 Å². The second-order valence-corrected chi connectivity index (χ2v) is 9.63. The lowest BCUT2D eigenvalue weighted by atomic mass is 9.98. The van der Waals surface area contributed by atoms with Crippen molar-refractivity contribution in [2.24, 2.45) is 10.9 Å². The average molecular weight is 546 g/mol. The zero-order valence-corrected chi connectivity index (χ0v) is 21.1. The Labute approximate surface area is 199 Å². The van der Waals surface area contributed by atoms with E-state index in [4.69, 9.17) is 0 Å². The van der Waals surface area contributed by atoms with Crippen molar-refractivity contribution in [2.45, 2.75) is 19.4 Å². The zero-order chi connectivity index (χ0) is 19.2. The number of thiophene rings is 2. The molecule has 0 bridgehead atoms. The Balaban J connectivity index is 0.00000240. The SMILES string of the molecule is CN=C(NCC1CCCN(Cc2cccs2)C1)N1CCN(c2cccs2)CC1.I. The molecule has 2 aromatic heterocycles. The van der Waals surface area contributed by atoms with Crippen LogP contribution in [0.4, 0.5) is 5.00 Å². The first-order chi connectivity index (χ1) is 13.8. The summed E-state index contributed by atoms with van der Waals surface area (Å²) in [6.45, 7) is 8.76. The third kappa shape index (κ3) is 6.32. The lowest BCUT2D eigenvalue weighted by molar-refractivity contribution is 0.169. The summed E-state index contributed by atoms with van der Waals surface area (Å²) >= 11 is 3.70. The van der Waals surface area contributed by atoms with Crippen molar-refractivity contribution in [3.63, 3.8) is 0 Å². The lowest BCUT2D eigenvalue weighted by Crippen LogP contribution is -2.53. The molecule has 29 heavy (non-hydrogen) atoms. The predicted octanol–water partition coefficient (Wildman–Crippen LogP) is 4.04. The molecule has 1 atom stereocenters. The van der Waals surface area contributed by atoms with Gasteiger partial charge in [-0.2, -0.15) is 0 Å². The van der Waals surface area contributed by atoms with Crippen molar-refractivity contribution < 1.29 is 0 Å². The van der Waals surface area contributed by atoms with Crippen LogP contribution in [0.2, 0.25) is 0 Å². The predicted molar refractivity (Wildman–Crippen MR) is 137 cm³/mol. The van der Waals surface area contributed by atoms with Gasteiger partial charge in [-0.3, -0.25) is 9.89 Å². The Morgan fingerprint density at radius 2 is 1.90 bits per heavy atom. The van der Waals surface area contributed by atoms with Gasteiger partial charge in [0.25, 0.3) is 0 Å². The van der Waals surface area contributed by atoms with Crippen molar-refractivity contribution in [1.29, 1.82) is 0 Å². The first-order valence-corrected chi connectivity index (χ1v) is 12.1. The molecule has 0 spiro atoms. The second-order valence-electron chi connectivity index (χ2n) is 7.68. The van der Waals surface area contributed by atoms with Gasteiger partial charge in [-0.25, -0.2) is 0 Å². The number of aliphatic imine (C=N–C) groups is 1. The molecule has 2 aliphatic heterocycles. The van der Waals surface area contributed by atoms with Crippen LogP contribution < -0.4 is 10.2 Å². The number of likely N-dealkylation sites (tertiary alicyclic amines) is 1. The van der Waals surface area contributed by atoms with Crippen molar-refractivity contribution in [1.82, 2.24) is 15.1 Å². The minimum absolute atomic E-state index is 0. The Kier molecular flexibility index (Phi) is 9.08. The maximum Gasteiger partial charge on any atom is 0.193 e. The molecule has 0 saturated carbocycles. The van der Waals surface area contributed by atoms with Crippen molar-refractivity contribution >= 4 is 57.6 Å². The maximum absolute atomic E-state index is 4.57. The highest BCUT2D eigenvalue weighted by Crippen LogP contribution is 2.23. The molecule has 2 aromatic rings. The third-order valence-corrected chi connectivity index (χ3v) is 7.51. The second kappa shape index (κ2) is 11.5. The number of anilines is 1. The summed E-state index contributed by atoms with van der Waals surface area (Å²) in [4.78, 5) is 13.6. The van der Waals surface area contributed by atoms with E-state index in [2.05, 4.69) is 60.0 Å². The van der Waals surface area contributed by atoms with Gasteiger partial charge in [0.15, 0.2) is 5.96 Å². The quantitative estimate of drug-likeness (QED) is 0.350. The molecular weight excluding hydrogens is 513 g/mol. The van der Waals surface area contributed by atoms with E-state index < -0.39 is 0 Å². The van der Waals surface area contributed by atoms with Crippen LogP contribution in [-0.2, 0) is 6.54 Å². The highest BCUT2D eigenvalue weighted by atomic mass is 127. The van der Waals surface area contributed by atoms with Crippen LogP contribution in [0.25, 0.3) is 0 Å². The van der Waals surface area contributed by atoms with Crippen LogP contribution in [-0.4, -0.2) is 68.6 Å². The molecule has 1 N–H and O–H groups in total. The fourth-order valence-electron chi connectivity index (χ4n) is 4.24. The summed E-state index contributed by atoms with van der Waals surface area (Å²) in [5.41, 5.74) is 0. The normalized spacial score (nSPS) is 21.1. The van der Waals surface area contributed by atoms with Crippen LogP contribution in [0.15, 0.2) is 40.0 Å². The van der Waals surface area contributed by atoms with Gasteiger partial charge >= 0.3 is 0 Å². The summed E-state index contributed by atoms with van der Waals surface area (Å²) in [6, 6.07) is 8.77. The summed E-state index contributed by atoms with van der Waals surface area (Å²) in [7, 11) is 1.91. The molecule has 160 valence electrons. The summed E-state index contributed by atoms with van der Waals surface area (Å²) < 4.78 is 0. The molecule has 0 aliphatic carbocycles. The smallest absolute Gasteiger partial charge is 0.193 e. The molecule has 1 unspecified atom stereocenters. The van der Waals surface area contributed by atoms with Crippen LogP contribution in [0.3, 0.4) is 0 Å².